The molecule has 90 valence electrons. The number of hydrogen-bond donors (Lipinski definition) is 1. The van der Waals surface area contributed by atoms with Crippen molar-refractivity contribution >= 4 is 22.5 Å². The predicted octanol–water partition coefficient (Wildman–Crippen LogP) is 4.06. The third-order valence-corrected chi connectivity index (χ3v) is 3.79. The first-order chi connectivity index (χ1) is 8.79. The van der Waals surface area contributed by atoms with Gasteiger partial charge in [-0.05, 0) is 36.6 Å². The van der Waals surface area contributed by atoms with E-state index in [0.717, 1.165) is 16.5 Å². The molecule has 3 rings (SSSR count). The van der Waals surface area contributed by atoms with Gasteiger partial charge in [0.05, 0.1) is 0 Å². The maximum absolute atomic E-state index is 10.2. The van der Waals surface area contributed by atoms with Crippen molar-refractivity contribution in [1.82, 2.24) is 4.57 Å². The molecule has 1 N–H and O–H groups in total. The van der Waals surface area contributed by atoms with Crippen molar-refractivity contribution in [3.8, 4) is 11.6 Å². The molecule has 0 aliphatic carbocycles. The van der Waals surface area contributed by atoms with Gasteiger partial charge in [0.2, 0.25) is 5.88 Å². The summed E-state index contributed by atoms with van der Waals surface area (Å²) in [6.45, 7) is 0. The minimum absolute atomic E-state index is 0.294. The molecule has 0 bridgehead atoms. The minimum Gasteiger partial charge on any atom is -0.494 e. The van der Waals surface area contributed by atoms with Gasteiger partial charge in [-0.3, -0.25) is 4.57 Å². The third-order valence-electron chi connectivity index (χ3n) is 3.05. The van der Waals surface area contributed by atoms with Gasteiger partial charge in [0.25, 0.3) is 0 Å². The standard InChI is InChI=1S/C15H13NOS/c1-18-13-8-6-12(7-9-13)16-10-11-4-2-3-5-14(11)15(16)17/h2-10,17H,1H3. The first kappa shape index (κ1) is 11.2. The molecular formula is C15H13NOS. The van der Waals surface area contributed by atoms with Gasteiger partial charge in [-0.2, -0.15) is 0 Å². The topological polar surface area (TPSA) is 25.2 Å². The van der Waals surface area contributed by atoms with Crippen LogP contribution in [0.5, 0.6) is 5.88 Å². The third kappa shape index (κ3) is 1.77. The van der Waals surface area contributed by atoms with E-state index in [0.29, 0.717) is 5.88 Å². The zero-order valence-electron chi connectivity index (χ0n) is 10.00. The number of thioether (sulfide) groups is 1. The van der Waals surface area contributed by atoms with Gasteiger partial charge in [-0.1, -0.05) is 18.2 Å². The lowest BCUT2D eigenvalue weighted by molar-refractivity contribution is 0.448. The van der Waals surface area contributed by atoms with Gasteiger partial charge in [0.1, 0.15) is 0 Å². The molecule has 0 unspecified atom stereocenters. The first-order valence-corrected chi connectivity index (χ1v) is 6.95. The number of aromatic nitrogens is 1. The van der Waals surface area contributed by atoms with Crippen molar-refractivity contribution in [1.29, 1.82) is 0 Å². The normalized spacial score (nSPS) is 10.9. The van der Waals surface area contributed by atoms with Crippen LogP contribution in [0.1, 0.15) is 0 Å². The van der Waals surface area contributed by atoms with E-state index < -0.39 is 0 Å². The smallest absolute Gasteiger partial charge is 0.203 e. The number of hydrogen-bond acceptors (Lipinski definition) is 2. The summed E-state index contributed by atoms with van der Waals surface area (Å²) in [6, 6.07) is 16.0. The predicted molar refractivity (Wildman–Crippen MR) is 76.7 cm³/mol. The maximum Gasteiger partial charge on any atom is 0.203 e. The highest BCUT2D eigenvalue weighted by molar-refractivity contribution is 7.98. The van der Waals surface area contributed by atoms with Gasteiger partial charge in [-0.15, -0.1) is 11.8 Å². The molecule has 2 nitrogen and oxygen atoms in total. The molecule has 0 radical (unpaired) electrons. The van der Waals surface area contributed by atoms with Crippen molar-refractivity contribution in [2.24, 2.45) is 0 Å². The van der Waals surface area contributed by atoms with Crippen LogP contribution in [0.4, 0.5) is 0 Å². The van der Waals surface area contributed by atoms with Crippen LogP contribution in [0.2, 0.25) is 0 Å². The SMILES string of the molecule is CSc1ccc(-n2cc3ccccc3c2O)cc1. The van der Waals surface area contributed by atoms with Crippen molar-refractivity contribution in [3.05, 3.63) is 54.7 Å². The lowest BCUT2D eigenvalue weighted by Crippen LogP contribution is -1.90. The number of nitrogens with zero attached hydrogens (tertiary/aromatic N) is 1. The van der Waals surface area contributed by atoms with E-state index in [1.807, 2.05) is 47.2 Å². The summed E-state index contributed by atoms with van der Waals surface area (Å²) in [7, 11) is 0. The van der Waals surface area contributed by atoms with E-state index in [9.17, 15) is 5.11 Å². The summed E-state index contributed by atoms with van der Waals surface area (Å²) >= 11 is 1.71. The van der Waals surface area contributed by atoms with Crippen LogP contribution >= 0.6 is 11.8 Å². The monoisotopic (exact) mass is 255 g/mol. The van der Waals surface area contributed by atoms with Crippen LogP contribution in [0.15, 0.2) is 59.6 Å². The van der Waals surface area contributed by atoms with E-state index in [-0.39, 0.29) is 0 Å². The van der Waals surface area contributed by atoms with Gasteiger partial charge in [0.15, 0.2) is 0 Å². The zero-order chi connectivity index (χ0) is 12.5. The average Bonchev–Trinajstić information content (AvgIpc) is 2.77. The first-order valence-electron chi connectivity index (χ1n) is 5.73. The Morgan fingerprint density at radius 3 is 2.39 bits per heavy atom. The highest BCUT2D eigenvalue weighted by Gasteiger charge is 2.08. The van der Waals surface area contributed by atoms with Crippen molar-refractivity contribution < 1.29 is 5.11 Å². The van der Waals surface area contributed by atoms with Gasteiger partial charge < -0.3 is 5.11 Å². The molecule has 0 aliphatic rings. The van der Waals surface area contributed by atoms with E-state index >= 15 is 0 Å². The van der Waals surface area contributed by atoms with Crippen molar-refractivity contribution in [2.45, 2.75) is 4.90 Å². The van der Waals surface area contributed by atoms with Gasteiger partial charge in [-0.25, -0.2) is 0 Å². The Balaban J connectivity index is 2.15. The van der Waals surface area contributed by atoms with Crippen LogP contribution in [-0.4, -0.2) is 15.9 Å². The maximum atomic E-state index is 10.2. The Labute approximate surface area is 110 Å². The highest BCUT2D eigenvalue weighted by Crippen LogP contribution is 2.30. The van der Waals surface area contributed by atoms with Crippen molar-refractivity contribution in [3.63, 3.8) is 0 Å². The molecule has 0 fully saturated rings. The van der Waals surface area contributed by atoms with E-state index in [4.69, 9.17) is 0 Å². The van der Waals surface area contributed by atoms with Gasteiger partial charge in [0, 0.05) is 27.6 Å². The molecule has 0 aliphatic heterocycles. The molecule has 1 aromatic heterocycles. The van der Waals surface area contributed by atoms with Gasteiger partial charge >= 0.3 is 0 Å². The average molecular weight is 255 g/mol. The molecule has 0 spiro atoms. The fourth-order valence-electron chi connectivity index (χ4n) is 2.08. The van der Waals surface area contributed by atoms with Crippen molar-refractivity contribution in [2.75, 3.05) is 6.26 Å². The molecule has 0 saturated heterocycles. The largest absolute Gasteiger partial charge is 0.494 e. The molecule has 3 aromatic rings. The molecule has 0 amide bonds. The second-order valence-corrected chi connectivity index (χ2v) is 4.99. The zero-order valence-corrected chi connectivity index (χ0v) is 10.8. The fraction of sp³-hybridized carbons (Fsp3) is 0.0667. The van der Waals surface area contributed by atoms with Crippen LogP contribution in [-0.2, 0) is 0 Å². The second-order valence-electron chi connectivity index (χ2n) is 4.11. The number of benzene rings is 2. The second kappa shape index (κ2) is 4.42. The summed E-state index contributed by atoms with van der Waals surface area (Å²) in [5.41, 5.74) is 0.974. The number of aromatic hydroxyl groups is 1. The summed E-state index contributed by atoms with van der Waals surface area (Å²) in [5.74, 6) is 0.294. The summed E-state index contributed by atoms with van der Waals surface area (Å²) in [4.78, 5) is 1.22. The lowest BCUT2D eigenvalue weighted by Gasteiger charge is -2.05. The Bertz CT molecular complexity index is 685. The van der Waals surface area contributed by atoms with E-state index in [1.165, 1.54) is 4.90 Å². The molecule has 0 atom stereocenters. The molecule has 0 saturated carbocycles. The molecular weight excluding hydrogens is 242 g/mol. The quantitative estimate of drug-likeness (QED) is 0.699. The molecule has 2 aromatic carbocycles. The number of fused-ring (bicyclic) bond motifs is 1. The Kier molecular flexibility index (Phi) is 2.76. The molecule has 18 heavy (non-hydrogen) atoms. The summed E-state index contributed by atoms with van der Waals surface area (Å²) in [6.07, 6.45) is 4.01. The Morgan fingerprint density at radius 1 is 1.00 bits per heavy atom. The molecule has 3 heteroatoms. The molecule has 1 heterocycles. The van der Waals surface area contributed by atoms with Crippen LogP contribution in [0.25, 0.3) is 16.5 Å². The van der Waals surface area contributed by atoms with Crippen LogP contribution < -0.4 is 0 Å². The number of rotatable bonds is 2. The minimum atomic E-state index is 0.294. The van der Waals surface area contributed by atoms with Crippen LogP contribution in [0.3, 0.4) is 0 Å². The van der Waals surface area contributed by atoms with E-state index in [1.54, 1.807) is 11.8 Å². The Morgan fingerprint density at radius 2 is 1.72 bits per heavy atom. The Hall–Kier alpha value is -1.87. The fourth-order valence-corrected chi connectivity index (χ4v) is 2.49. The summed E-state index contributed by atoms with van der Waals surface area (Å²) in [5, 5.41) is 12.2. The van der Waals surface area contributed by atoms with Crippen LogP contribution in [0, 0.1) is 0 Å². The highest BCUT2D eigenvalue weighted by atomic mass is 32.2. The van der Waals surface area contributed by atoms with E-state index in [2.05, 4.69) is 18.4 Å². The summed E-state index contributed by atoms with van der Waals surface area (Å²) < 4.78 is 1.81. The lowest BCUT2D eigenvalue weighted by atomic mass is 10.2.